The Labute approximate surface area is 172 Å². The Balaban J connectivity index is 1.81. The van der Waals surface area contributed by atoms with Gasteiger partial charge >= 0.3 is 6.09 Å². The summed E-state index contributed by atoms with van der Waals surface area (Å²) in [6, 6.07) is 7.63. The third kappa shape index (κ3) is 3.53. The number of pyridine rings is 2. The summed E-state index contributed by atoms with van der Waals surface area (Å²) >= 11 is 0. The first-order valence-electron chi connectivity index (χ1n) is 9.43. The van der Waals surface area contributed by atoms with Crippen LogP contribution >= 0.6 is 0 Å². The van der Waals surface area contributed by atoms with Crippen LogP contribution in [-0.2, 0) is 4.79 Å². The van der Waals surface area contributed by atoms with Crippen LogP contribution in [0.3, 0.4) is 0 Å². The van der Waals surface area contributed by atoms with E-state index in [1.54, 1.807) is 18.5 Å². The minimum Gasteiger partial charge on any atom is -0.465 e. The highest BCUT2D eigenvalue weighted by molar-refractivity contribution is 6.06. The number of aromatic nitrogens is 2. The molecule has 0 aliphatic heterocycles. The number of nitrogens with one attached hydrogen (secondary N) is 2. The minimum atomic E-state index is -1.17. The Morgan fingerprint density at radius 3 is 2.67 bits per heavy atom. The fourth-order valence-corrected chi connectivity index (χ4v) is 3.61. The van der Waals surface area contributed by atoms with Crippen molar-refractivity contribution in [2.45, 2.75) is 20.3 Å². The smallest absolute Gasteiger partial charge is 0.409 e. The predicted octanol–water partition coefficient (Wildman–Crippen LogP) is 4.10. The summed E-state index contributed by atoms with van der Waals surface area (Å²) in [6.45, 7) is 3.81. The molecule has 1 fully saturated rings. The molecule has 8 heteroatoms. The maximum absolute atomic E-state index is 12.3. The van der Waals surface area contributed by atoms with E-state index < -0.39 is 6.09 Å². The van der Waals surface area contributed by atoms with Crippen molar-refractivity contribution in [1.82, 2.24) is 9.97 Å². The van der Waals surface area contributed by atoms with Crippen LogP contribution in [0.2, 0.25) is 0 Å². The van der Waals surface area contributed by atoms with Crippen molar-refractivity contribution >= 4 is 34.3 Å². The maximum Gasteiger partial charge on any atom is 0.409 e. The number of rotatable bonds is 4. The first kappa shape index (κ1) is 19.3. The monoisotopic (exact) mass is 401 g/mol. The molecule has 0 spiro atoms. The van der Waals surface area contributed by atoms with Crippen LogP contribution < -0.4 is 10.6 Å². The number of anilines is 2. The zero-order valence-electron chi connectivity index (χ0n) is 16.4. The topological polar surface area (TPSA) is 128 Å². The number of nitrogens with zero attached hydrogens (tertiary/aromatic N) is 3. The molecule has 0 saturated heterocycles. The molecule has 2 heterocycles. The predicted molar refractivity (Wildman–Crippen MR) is 112 cm³/mol. The molecule has 30 heavy (non-hydrogen) atoms. The molecule has 1 aliphatic carbocycles. The quantitative estimate of drug-likeness (QED) is 0.604. The second-order valence-electron chi connectivity index (χ2n) is 7.40. The second-order valence-corrected chi connectivity index (χ2v) is 7.40. The molecule has 3 N–H and O–H groups in total. The number of hydrogen-bond donors (Lipinski definition) is 3. The van der Waals surface area contributed by atoms with Gasteiger partial charge in [0.05, 0.1) is 23.6 Å². The van der Waals surface area contributed by atoms with Crippen molar-refractivity contribution < 1.29 is 14.7 Å². The number of fused-ring (bicyclic) bond motifs is 1. The Morgan fingerprint density at radius 2 is 2.00 bits per heavy atom. The number of carbonyl (C=O) groups is 2. The Bertz CT molecular complexity index is 1230. The third-order valence-corrected chi connectivity index (χ3v) is 5.39. The fourth-order valence-electron chi connectivity index (χ4n) is 3.61. The highest BCUT2D eigenvalue weighted by Gasteiger charge is 2.43. The minimum absolute atomic E-state index is 0.229. The molecule has 2 atom stereocenters. The van der Waals surface area contributed by atoms with E-state index in [1.165, 1.54) is 6.20 Å². The van der Waals surface area contributed by atoms with E-state index in [-0.39, 0.29) is 17.7 Å². The summed E-state index contributed by atoms with van der Waals surface area (Å²) in [5, 5.41) is 24.8. The molecule has 8 nitrogen and oxygen atoms in total. The van der Waals surface area contributed by atoms with Gasteiger partial charge in [-0.25, -0.2) is 9.78 Å². The van der Waals surface area contributed by atoms with Crippen LogP contribution in [0.15, 0.2) is 36.8 Å². The lowest BCUT2D eigenvalue weighted by Crippen LogP contribution is -2.15. The van der Waals surface area contributed by atoms with Crippen LogP contribution in [0.25, 0.3) is 21.9 Å². The van der Waals surface area contributed by atoms with Crippen LogP contribution in [0.1, 0.15) is 17.5 Å². The van der Waals surface area contributed by atoms with E-state index in [9.17, 15) is 14.7 Å². The van der Waals surface area contributed by atoms with Gasteiger partial charge in [-0.3, -0.25) is 15.1 Å². The molecule has 1 saturated carbocycles. The molecule has 0 bridgehead atoms. The van der Waals surface area contributed by atoms with Gasteiger partial charge in [-0.1, -0.05) is 0 Å². The van der Waals surface area contributed by atoms with Gasteiger partial charge < -0.3 is 10.4 Å². The van der Waals surface area contributed by atoms with Crippen molar-refractivity contribution in [3.05, 3.63) is 47.9 Å². The SMILES string of the molecule is Cc1ccncc1-c1cc2cc(NC(=O)[C@@H]3C[C@H]3C#N)ncc2c(NC(=O)O)c1C. The molecule has 3 aromatic rings. The Morgan fingerprint density at radius 1 is 1.20 bits per heavy atom. The molecule has 1 aliphatic rings. The number of hydrogen-bond acceptors (Lipinski definition) is 5. The van der Waals surface area contributed by atoms with E-state index in [0.29, 0.717) is 23.3 Å². The van der Waals surface area contributed by atoms with Crippen LogP contribution in [-0.4, -0.2) is 27.1 Å². The van der Waals surface area contributed by atoms with Crippen molar-refractivity contribution in [1.29, 1.82) is 5.26 Å². The number of carboxylic acid groups (broad SMARTS) is 1. The molecule has 2 aromatic heterocycles. The first-order valence-corrected chi connectivity index (χ1v) is 9.43. The summed E-state index contributed by atoms with van der Waals surface area (Å²) < 4.78 is 0. The lowest BCUT2D eigenvalue weighted by Gasteiger charge is -2.17. The normalized spacial score (nSPS) is 17.2. The number of amides is 2. The van der Waals surface area contributed by atoms with Gasteiger partial charge in [0.1, 0.15) is 5.82 Å². The van der Waals surface area contributed by atoms with Gasteiger partial charge in [-0.2, -0.15) is 5.26 Å². The summed E-state index contributed by atoms with van der Waals surface area (Å²) in [7, 11) is 0. The molecular formula is C22H19N5O3. The van der Waals surface area contributed by atoms with Crippen LogP contribution in [0.5, 0.6) is 0 Å². The van der Waals surface area contributed by atoms with E-state index in [1.807, 2.05) is 26.0 Å². The first-order chi connectivity index (χ1) is 14.4. The largest absolute Gasteiger partial charge is 0.465 e. The summed E-state index contributed by atoms with van der Waals surface area (Å²) in [5.74, 6) is -0.411. The standard InChI is InChI=1S/C22H19N5O3/c1-11-3-4-24-9-17(11)15-5-13-7-19(26-21(28)16-6-14(16)8-23)25-10-18(13)20(12(15)2)27-22(29)30/h3-5,7,9-10,14,16,27H,6H2,1-2H3,(H,29,30)(H,25,26,28)/t14-,16+/m0/s1. The number of nitriles is 1. The van der Waals surface area contributed by atoms with Gasteiger partial charge in [0, 0.05) is 29.5 Å². The highest BCUT2D eigenvalue weighted by atomic mass is 16.4. The van der Waals surface area contributed by atoms with E-state index in [2.05, 4.69) is 26.7 Å². The zero-order chi connectivity index (χ0) is 21.4. The van der Waals surface area contributed by atoms with Crippen molar-refractivity contribution in [2.24, 2.45) is 11.8 Å². The van der Waals surface area contributed by atoms with Crippen LogP contribution in [0.4, 0.5) is 16.3 Å². The molecule has 0 radical (unpaired) electrons. The number of benzene rings is 1. The van der Waals surface area contributed by atoms with E-state index in [0.717, 1.165) is 27.6 Å². The van der Waals surface area contributed by atoms with Gasteiger partial charge in [-0.15, -0.1) is 0 Å². The third-order valence-electron chi connectivity index (χ3n) is 5.39. The van der Waals surface area contributed by atoms with Gasteiger partial charge in [0.15, 0.2) is 0 Å². The maximum atomic E-state index is 12.3. The van der Waals surface area contributed by atoms with Gasteiger partial charge in [-0.05, 0) is 60.5 Å². The molecule has 0 unspecified atom stereocenters. The van der Waals surface area contributed by atoms with E-state index >= 15 is 0 Å². The summed E-state index contributed by atoms with van der Waals surface area (Å²) in [4.78, 5) is 32.2. The average Bonchev–Trinajstić information content (AvgIpc) is 3.50. The van der Waals surface area contributed by atoms with Gasteiger partial charge in [0.25, 0.3) is 0 Å². The molecule has 150 valence electrons. The molecule has 4 rings (SSSR count). The van der Waals surface area contributed by atoms with Crippen LogP contribution in [0, 0.1) is 37.0 Å². The molecule has 1 aromatic carbocycles. The van der Waals surface area contributed by atoms with Crippen molar-refractivity contribution in [3.63, 3.8) is 0 Å². The average molecular weight is 401 g/mol. The Hall–Kier alpha value is -3.99. The van der Waals surface area contributed by atoms with E-state index in [4.69, 9.17) is 5.26 Å². The van der Waals surface area contributed by atoms with Crippen molar-refractivity contribution in [2.75, 3.05) is 10.6 Å². The fraction of sp³-hybridized carbons (Fsp3) is 0.227. The second kappa shape index (κ2) is 7.44. The number of aryl methyl sites for hydroxylation is 1. The number of carbonyl (C=O) groups excluding carboxylic acids is 1. The molecule has 2 amide bonds. The lowest BCUT2D eigenvalue weighted by molar-refractivity contribution is -0.117. The molecular weight excluding hydrogens is 382 g/mol. The van der Waals surface area contributed by atoms with Crippen molar-refractivity contribution in [3.8, 4) is 17.2 Å². The Kier molecular flexibility index (Phi) is 4.80. The highest BCUT2D eigenvalue weighted by Crippen LogP contribution is 2.39. The summed E-state index contributed by atoms with van der Waals surface area (Å²) in [6.07, 6.45) is 4.38. The zero-order valence-corrected chi connectivity index (χ0v) is 16.4. The lowest BCUT2D eigenvalue weighted by atomic mass is 9.93. The van der Waals surface area contributed by atoms with Gasteiger partial charge in [0.2, 0.25) is 5.91 Å². The summed E-state index contributed by atoms with van der Waals surface area (Å²) in [5.41, 5.74) is 3.94.